The number of hydrogen-bond donors (Lipinski definition) is 0. The molecular formula is C9H8ClF3N2O4S. The van der Waals surface area contributed by atoms with Gasteiger partial charge in [0.15, 0.2) is 9.84 Å². The third kappa shape index (κ3) is 3.18. The zero-order valence-corrected chi connectivity index (χ0v) is 11.5. The summed E-state index contributed by atoms with van der Waals surface area (Å²) < 4.78 is 61.5. The van der Waals surface area contributed by atoms with Crippen LogP contribution in [0.2, 0.25) is 0 Å². The minimum atomic E-state index is -4.91. The fourth-order valence-electron chi connectivity index (χ4n) is 1.25. The van der Waals surface area contributed by atoms with Crippen molar-refractivity contribution in [2.24, 2.45) is 0 Å². The summed E-state index contributed by atoms with van der Waals surface area (Å²) in [4.78, 5) is 11.4. The normalized spacial score (nSPS) is 14.1. The third-order valence-electron chi connectivity index (χ3n) is 2.39. The van der Waals surface area contributed by atoms with E-state index in [1.807, 2.05) is 0 Å². The van der Waals surface area contributed by atoms with Crippen molar-refractivity contribution < 1.29 is 26.5 Å². The molecule has 1 atom stereocenters. The Morgan fingerprint density at radius 3 is 2.45 bits per heavy atom. The second-order valence-corrected chi connectivity index (χ2v) is 6.45. The highest BCUT2D eigenvalue weighted by atomic mass is 35.5. The lowest BCUT2D eigenvalue weighted by Crippen LogP contribution is -2.22. The number of aromatic nitrogens is 1. The summed E-state index contributed by atoms with van der Waals surface area (Å²) in [5.74, 6) is -0.414. The van der Waals surface area contributed by atoms with E-state index >= 15 is 0 Å². The molecule has 0 amide bonds. The molecule has 0 bridgehead atoms. The van der Waals surface area contributed by atoms with Gasteiger partial charge in [-0.05, 0) is 13.0 Å². The molecule has 11 heteroatoms. The molecule has 6 nitrogen and oxygen atoms in total. The first-order valence-corrected chi connectivity index (χ1v) is 7.11. The van der Waals surface area contributed by atoms with E-state index in [4.69, 9.17) is 11.6 Å². The molecule has 1 rings (SSSR count). The molecule has 0 fully saturated rings. The number of pyridine rings is 1. The average molecular weight is 333 g/mol. The molecule has 0 aliphatic rings. The zero-order chi connectivity index (χ0) is 15.7. The molecule has 20 heavy (non-hydrogen) atoms. The van der Waals surface area contributed by atoms with Gasteiger partial charge in [-0.3, -0.25) is 10.1 Å². The van der Waals surface area contributed by atoms with Gasteiger partial charge in [0, 0.05) is 5.88 Å². The van der Waals surface area contributed by atoms with Crippen LogP contribution in [0.5, 0.6) is 0 Å². The highest BCUT2D eigenvalue weighted by Gasteiger charge is 2.38. The van der Waals surface area contributed by atoms with Gasteiger partial charge in [-0.2, -0.15) is 13.2 Å². The van der Waals surface area contributed by atoms with E-state index in [9.17, 15) is 31.7 Å². The van der Waals surface area contributed by atoms with Gasteiger partial charge in [-0.15, -0.1) is 11.6 Å². The van der Waals surface area contributed by atoms with Crippen LogP contribution in [0.25, 0.3) is 0 Å². The molecule has 0 spiro atoms. The van der Waals surface area contributed by atoms with E-state index in [0.717, 1.165) is 6.92 Å². The second-order valence-electron chi connectivity index (χ2n) is 3.80. The smallest absolute Gasteiger partial charge is 0.258 e. The quantitative estimate of drug-likeness (QED) is 0.480. The van der Waals surface area contributed by atoms with Gasteiger partial charge in [-0.25, -0.2) is 13.4 Å². The lowest BCUT2D eigenvalue weighted by atomic mass is 10.3. The van der Waals surface area contributed by atoms with Gasteiger partial charge in [0.2, 0.25) is 0 Å². The Balaban J connectivity index is 3.61. The van der Waals surface area contributed by atoms with Crippen molar-refractivity contribution in [2.75, 3.05) is 5.88 Å². The van der Waals surface area contributed by atoms with Crippen molar-refractivity contribution >= 4 is 27.1 Å². The molecule has 0 aromatic carbocycles. The van der Waals surface area contributed by atoms with E-state index in [0.29, 0.717) is 0 Å². The summed E-state index contributed by atoms with van der Waals surface area (Å²) in [7, 11) is -4.36. The zero-order valence-electron chi connectivity index (χ0n) is 9.89. The van der Waals surface area contributed by atoms with Crippen LogP contribution in [0.15, 0.2) is 17.2 Å². The first-order chi connectivity index (χ1) is 9.01. The summed E-state index contributed by atoms with van der Waals surface area (Å²) in [6.07, 6.45) is -4.64. The Hall–Kier alpha value is -1.42. The minimum Gasteiger partial charge on any atom is -0.258 e. The maximum atomic E-state index is 12.5. The van der Waals surface area contributed by atoms with Crippen molar-refractivity contribution in [2.45, 2.75) is 23.2 Å². The molecule has 1 unspecified atom stereocenters. The second kappa shape index (κ2) is 5.52. The maximum Gasteiger partial charge on any atom is 0.433 e. The van der Waals surface area contributed by atoms with Crippen LogP contribution in [0.3, 0.4) is 0 Å². The highest BCUT2D eigenvalue weighted by molar-refractivity contribution is 7.92. The van der Waals surface area contributed by atoms with Gasteiger partial charge in [0.1, 0.15) is 16.8 Å². The minimum absolute atomic E-state index is 0.149. The van der Waals surface area contributed by atoms with E-state index in [1.54, 1.807) is 0 Å². The first-order valence-electron chi connectivity index (χ1n) is 5.03. The van der Waals surface area contributed by atoms with E-state index < -0.39 is 48.3 Å². The predicted octanol–water partition coefficient (Wildman–Crippen LogP) is 2.41. The van der Waals surface area contributed by atoms with Gasteiger partial charge in [-0.1, -0.05) is 0 Å². The molecule has 112 valence electrons. The Kier molecular flexibility index (Phi) is 4.59. The van der Waals surface area contributed by atoms with Crippen LogP contribution >= 0.6 is 11.6 Å². The Labute approximate surface area is 116 Å². The monoisotopic (exact) mass is 332 g/mol. The number of alkyl halides is 4. The van der Waals surface area contributed by atoms with E-state index in [1.165, 1.54) is 0 Å². The molecule has 0 saturated heterocycles. The number of nitrogens with zero attached hydrogens (tertiary/aromatic N) is 2. The largest absolute Gasteiger partial charge is 0.433 e. The van der Waals surface area contributed by atoms with Crippen LogP contribution in [0.4, 0.5) is 18.9 Å². The van der Waals surface area contributed by atoms with Crippen LogP contribution in [-0.2, 0) is 16.0 Å². The lowest BCUT2D eigenvalue weighted by molar-refractivity contribution is -0.388. The van der Waals surface area contributed by atoms with Gasteiger partial charge < -0.3 is 0 Å². The standard InChI is InChI=1S/C9H8ClF3N2O4S/c1-5(3-10)20(18,19)7-2-8(9(11,12)13)14-4-6(7)15(16)17/h2,4-5H,3H2,1H3. The fraction of sp³-hybridized carbons (Fsp3) is 0.444. The molecule has 1 aromatic rings. The van der Waals surface area contributed by atoms with Crippen molar-refractivity contribution in [1.82, 2.24) is 4.98 Å². The molecule has 1 aromatic heterocycles. The molecule has 1 heterocycles. The van der Waals surface area contributed by atoms with Crippen LogP contribution in [-0.4, -0.2) is 29.5 Å². The van der Waals surface area contributed by atoms with E-state index in [2.05, 4.69) is 4.98 Å². The predicted molar refractivity (Wildman–Crippen MR) is 63.3 cm³/mol. The summed E-state index contributed by atoms with van der Waals surface area (Å²) in [5.41, 5.74) is -2.54. The Morgan fingerprint density at radius 1 is 1.50 bits per heavy atom. The number of halogens is 4. The van der Waals surface area contributed by atoms with Crippen LogP contribution in [0.1, 0.15) is 12.6 Å². The van der Waals surface area contributed by atoms with Crippen LogP contribution in [0, 0.1) is 10.1 Å². The fourth-order valence-corrected chi connectivity index (χ4v) is 3.04. The molecule has 0 aliphatic heterocycles. The molecule has 0 aliphatic carbocycles. The number of hydrogen-bond acceptors (Lipinski definition) is 5. The first kappa shape index (κ1) is 16.6. The Bertz CT molecular complexity index is 633. The molecule has 0 N–H and O–H groups in total. The Morgan fingerprint density at radius 2 is 2.05 bits per heavy atom. The maximum absolute atomic E-state index is 12.5. The molecular weight excluding hydrogens is 325 g/mol. The number of nitro groups is 1. The molecule has 0 saturated carbocycles. The van der Waals surface area contributed by atoms with Gasteiger partial charge >= 0.3 is 11.9 Å². The summed E-state index contributed by atoms with van der Waals surface area (Å²) in [6.45, 7) is 1.14. The topological polar surface area (TPSA) is 90.2 Å². The number of sulfone groups is 1. The van der Waals surface area contributed by atoms with Crippen molar-refractivity contribution in [3.8, 4) is 0 Å². The SMILES string of the molecule is CC(CCl)S(=O)(=O)c1cc(C(F)(F)F)ncc1[N+](=O)[O-]. The number of rotatable bonds is 4. The lowest BCUT2D eigenvalue weighted by Gasteiger charge is -2.12. The van der Waals surface area contributed by atoms with E-state index in [-0.39, 0.29) is 12.3 Å². The molecule has 0 radical (unpaired) electrons. The van der Waals surface area contributed by atoms with Crippen molar-refractivity contribution in [3.63, 3.8) is 0 Å². The summed E-state index contributed by atoms with van der Waals surface area (Å²) in [6, 6.07) is 0.149. The van der Waals surface area contributed by atoms with Gasteiger partial charge in [0.05, 0.1) is 10.2 Å². The highest BCUT2D eigenvalue weighted by Crippen LogP contribution is 2.33. The van der Waals surface area contributed by atoms with Gasteiger partial charge in [0.25, 0.3) is 0 Å². The average Bonchev–Trinajstić information content (AvgIpc) is 2.35. The van der Waals surface area contributed by atoms with Crippen molar-refractivity contribution in [3.05, 3.63) is 28.1 Å². The van der Waals surface area contributed by atoms with Crippen molar-refractivity contribution in [1.29, 1.82) is 0 Å². The van der Waals surface area contributed by atoms with Crippen LogP contribution < -0.4 is 0 Å². The third-order valence-corrected chi connectivity index (χ3v) is 5.20. The summed E-state index contributed by atoms with van der Waals surface area (Å²) >= 11 is 5.36. The summed E-state index contributed by atoms with van der Waals surface area (Å²) in [5, 5.41) is 9.46.